The Balaban J connectivity index is 2.37. The number of aliphatic hydroxyl groups excluding tert-OH is 1. The van der Waals surface area contributed by atoms with E-state index in [4.69, 9.17) is 5.73 Å². The van der Waals surface area contributed by atoms with Gasteiger partial charge in [-0.2, -0.15) is 0 Å². The summed E-state index contributed by atoms with van der Waals surface area (Å²) in [4.78, 5) is 13.6. The molecule has 0 bridgehead atoms. The lowest BCUT2D eigenvalue weighted by molar-refractivity contribution is -0.119. The Bertz CT molecular complexity index is 415. The minimum Gasteiger partial charge on any atom is -0.392 e. The Morgan fingerprint density at radius 1 is 1.62 bits per heavy atom. The fourth-order valence-corrected chi connectivity index (χ4v) is 2.13. The van der Waals surface area contributed by atoms with Gasteiger partial charge >= 0.3 is 0 Å². The van der Waals surface area contributed by atoms with Crippen LogP contribution < -0.4 is 10.6 Å². The molecule has 1 aromatic rings. The van der Waals surface area contributed by atoms with Crippen LogP contribution in [0.4, 0.5) is 5.69 Å². The van der Waals surface area contributed by atoms with Gasteiger partial charge in [-0.25, -0.2) is 0 Å². The highest BCUT2D eigenvalue weighted by Gasteiger charge is 2.27. The average Bonchev–Trinajstić information content (AvgIpc) is 2.71. The number of fused-ring (bicyclic) bond motifs is 1. The van der Waals surface area contributed by atoms with Crippen molar-refractivity contribution in [3.05, 3.63) is 29.3 Å². The molecule has 0 aliphatic carbocycles. The van der Waals surface area contributed by atoms with Crippen molar-refractivity contribution in [1.29, 1.82) is 0 Å². The number of hydrogen-bond donors (Lipinski definition) is 2. The molecule has 1 aliphatic rings. The van der Waals surface area contributed by atoms with E-state index in [1.165, 1.54) is 0 Å². The van der Waals surface area contributed by atoms with Crippen molar-refractivity contribution >= 4 is 11.6 Å². The van der Waals surface area contributed by atoms with Gasteiger partial charge in [0.2, 0.25) is 5.91 Å². The molecule has 0 saturated heterocycles. The number of benzene rings is 1. The third kappa shape index (κ3) is 1.70. The second-order valence-electron chi connectivity index (χ2n) is 4.10. The van der Waals surface area contributed by atoms with Crippen molar-refractivity contribution in [3.63, 3.8) is 0 Å². The van der Waals surface area contributed by atoms with E-state index in [-0.39, 0.29) is 12.5 Å². The van der Waals surface area contributed by atoms with Crippen LogP contribution in [0.5, 0.6) is 0 Å². The van der Waals surface area contributed by atoms with Crippen LogP contribution in [0, 0.1) is 0 Å². The highest BCUT2D eigenvalue weighted by Crippen LogP contribution is 2.30. The zero-order valence-corrected chi connectivity index (χ0v) is 9.31. The number of nitrogens with zero attached hydrogens (tertiary/aromatic N) is 1. The molecule has 3 N–H and O–H groups in total. The molecular formula is C12H16N2O2. The zero-order chi connectivity index (χ0) is 11.7. The molecule has 0 unspecified atom stereocenters. The lowest BCUT2D eigenvalue weighted by Gasteiger charge is -2.19. The molecule has 1 aromatic carbocycles. The van der Waals surface area contributed by atoms with Crippen LogP contribution in [0.2, 0.25) is 0 Å². The monoisotopic (exact) mass is 220 g/mol. The maximum Gasteiger partial charge on any atom is 0.243 e. The number of nitrogens with two attached hydrogens (primary N) is 1. The first kappa shape index (κ1) is 11.1. The predicted octanol–water partition coefficient (Wildman–Crippen LogP) is 0.415. The Labute approximate surface area is 94.7 Å². The average molecular weight is 220 g/mol. The van der Waals surface area contributed by atoms with Crippen LogP contribution >= 0.6 is 0 Å². The van der Waals surface area contributed by atoms with Gasteiger partial charge < -0.3 is 15.7 Å². The maximum absolute atomic E-state index is 11.8. The van der Waals surface area contributed by atoms with Crippen LogP contribution in [0.3, 0.4) is 0 Å². The van der Waals surface area contributed by atoms with E-state index >= 15 is 0 Å². The van der Waals surface area contributed by atoms with E-state index in [0.717, 1.165) is 23.2 Å². The molecule has 1 atom stereocenters. The summed E-state index contributed by atoms with van der Waals surface area (Å²) in [6, 6.07) is 5.17. The summed E-state index contributed by atoms with van der Waals surface area (Å²) in [6.45, 7) is 2.37. The number of anilines is 1. The molecule has 0 saturated carbocycles. The summed E-state index contributed by atoms with van der Waals surface area (Å²) in [5, 5.41) is 9.21. The first-order valence-electron chi connectivity index (χ1n) is 5.43. The molecule has 0 radical (unpaired) electrons. The van der Waals surface area contributed by atoms with E-state index in [0.29, 0.717) is 6.54 Å². The number of carbonyl (C=O) groups is 1. The molecule has 2 rings (SSSR count). The fraction of sp³-hybridized carbons (Fsp3) is 0.417. The molecule has 0 aromatic heterocycles. The Morgan fingerprint density at radius 3 is 3.00 bits per heavy atom. The van der Waals surface area contributed by atoms with Gasteiger partial charge in [0.05, 0.1) is 12.6 Å². The minimum absolute atomic E-state index is 0.0172. The third-order valence-electron chi connectivity index (χ3n) is 2.95. The molecule has 1 amide bonds. The van der Waals surface area contributed by atoms with Crippen molar-refractivity contribution in [2.45, 2.75) is 26.0 Å². The molecule has 0 fully saturated rings. The zero-order valence-electron chi connectivity index (χ0n) is 9.31. The number of amides is 1. The van der Waals surface area contributed by atoms with Crippen LogP contribution in [0.25, 0.3) is 0 Å². The highest BCUT2D eigenvalue weighted by atomic mass is 16.3. The second-order valence-corrected chi connectivity index (χ2v) is 4.10. The SMILES string of the molecule is C[C@@H](N)C(=O)N1CCc2c(CO)cccc21. The summed E-state index contributed by atoms with van der Waals surface area (Å²) in [6.07, 6.45) is 0.796. The van der Waals surface area contributed by atoms with Gasteiger partial charge in [-0.3, -0.25) is 4.79 Å². The summed E-state index contributed by atoms with van der Waals surface area (Å²) in [5.74, 6) is -0.0613. The van der Waals surface area contributed by atoms with Crippen LogP contribution in [-0.2, 0) is 17.8 Å². The fourth-order valence-electron chi connectivity index (χ4n) is 2.13. The van der Waals surface area contributed by atoms with Crippen LogP contribution in [0.15, 0.2) is 18.2 Å². The van der Waals surface area contributed by atoms with Crippen molar-refractivity contribution in [1.82, 2.24) is 0 Å². The molecule has 86 valence electrons. The summed E-state index contributed by atoms with van der Waals surface area (Å²) in [7, 11) is 0. The van der Waals surface area contributed by atoms with E-state index in [9.17, 15) is 9.90 Å². The van der Waals surface area contributed by atoms with Gasteiger partial charge in [-0.1, -0.05) is 12.1 Å². The first-order valence-corrected chi connectivity index (χ1v) is 5.43. The lowest BCUT2D eigenvalue weighted by atomic mass is 10.1. The molecule has 1 aliphatic heterocycles. The summed E-state index contributed by atoms with van der Waals surface area (Å²) < 4.78 is 0. The van der Waals surface area contributed by atoms with E-state index in [2.05, 4.69) is 0 Å². The normalized spacial score (nSPS) is 16.1. The van der Waals surface area contributed by atoms with Gasteiger partial charge in [-0.15, -0.1) is 0 Å². The topological polar surface area (TPSA) is 66.6 Å². The Kier molecular flexibility index (Phi) is 2.94. The second kappa shape index (κ2) is 4.23. The standard InChI is InChI=1S/C12H16N2O2/c1-8(13)12(16)14-6-5-10-9(7-15)3-2-4-11(10)14/h2-4,8,15H,5-7,13H2,1H3/t8-/m1/s1. The summed E-state index contributed by atoms with van der Waals surface area (Å²) in [5.41, 5.74) is 8.47. The van der Waals surface area contributed by atoms with Gasteiger partial charge in [0.25, 0.3) is 0 Å². The van der Waals surface area contributed by atoms with Gasteiger partial charge in [0.1, 0.15) is 0 Å². The molecular weight excluding hydrogens is 204 g/mol. The highest BCUT2D eigenvalue weighted by molar-refractivity contribution is 5.98. The molecule has 1 heterocycles. The third-order valence-corrected chi connectivity index (χ3v) is 2.95. The van der Waals surface area contributed by atoms with Crippen molar-refractivity contribution < 1.29 is 9.90 Å². The van der Waals surface area contributed by atoms with E-state index < -0.39 is 6.04 Å². The minimum atomic E-state index is -0.483. The Morgan fingerprint density at radius 2 is 2.38 bits per heavy atom. The van der Waals surface area contributed by atoms with Gasteiger partial charge in [-0.05, 0) is 30.5 Å². The van der Waals surface area contributed by atoms with Crippen molar-refractivity contribution in [2.75, 3.05) is 11.4 Å². The lowest BCUT2D eigenvalue weighted by Crippen LogP contribution is -2.41. The first-order chi connectivity index (χ1) is 7.65. The number of carbonyl (C=O) groups excluding carboxylic acids is 1. The molecule has 16 heavy (non-hydrogen) atoms. The molecule has 4 nitrogen and oxygen atoms in total. The number of aliphatic hydroxyl groups is 1. The quantitative estimate of drug-likeness (QED) is 0.759. The largest absolute Gasteiger partial charge is 0.392 e. The maximum atomic E-state index is 11.8. The summed E-state index contributed by atoms with van der Waals surface area (Å²) >= 11 is 0. The Hall–Kier alpha value is -1.39. The van der Waals surface area contributed by atoms with Gasteiger partial charge in [0.15, 0.2) is 0 Å². The molecule has 4 heteroatoms. The van der Waals surface area contributed by atoms with Gasteiger partial charge in [0, 0.05) is 12.2 Å². The van der Waals surface area contributed by atoms with E-state index in [1.54, 1.807) is 11.8 Å². The number of rotatable bonds is 2. The van der Waals surface area contributed by atoms with Crippen molar-refractivity contribution in [2.24, 2.45) is 5.73 Å². The predicted molar refractivity (Wildman–Crippen MR) is 62.1 cm³/mol. The van der Waals surface area contributed by atoms with Crippen molar-refractivity contribution in [3.8, 4) is 0 Å². The van der Waals surface area contributed by atoms with Crippen LogP contribution in [0.1, 0.15) is 18.1 Å². The van der Waals surface area contributed by atoms with Crippen LogP contribution in [-0.4, -0.2) is 23.6 Å². The molecule has 0 spiro atoms. The number of hydrogen-bond acceptors (Lipinski definition) is 3. The van der Waals surface area contributed by atoms with E-state index in [1.807, 2.05) is 18.2 Å². The smallest absolute Gasteiger partial charge is 0.243 e.